The van der Waals surface area contributed by atoms with Crippen molar-refractivity contribution in [2.24, 2.45) is 5.73 Å². The summed E-state index contributed by atoms with van der Waals surface area (Å²) in [4.78, 5) is 48.1. The number of carbonyl (C=O) groups excluding carboxylic acids is 3. The zero-order valence-corrected chi connectivity index (χ0v) is 28.0. The number of benzene rings is 3. The second-order valence-corrected chi connectivity index (χ2v) is 12.8. The SMILES string of the molecule is CC(C)(C)OC(=O)N(CCCC(=O)NCCNc1nc2cc(C(N)=O)ccc2c2cnccc12)Cc1ccc(-c2ccccc2)c(Cl)c1. The number of nitrogens with one attached hydrogen (secondary N) is 2. The van der Waals surface area contributed by atoms with E-state index < -0.39 is 17.6 Å². The van der Waals surface area contributed by atoms with Gasteiger partial charge in [-0.25, -0.2) is 9.78 Å². The van der Waals surface area contributed by atoms with Crippen molar-refractivity contribution in [3.63, 3.8) is 0 Å². The number of nitrogens with two attached hydrogens (primary N) is 1. The van der Waals surface area contributed by atoms with E-state index in [2.05, 4.69) is 15.6 Å². The molecule has 0 aliphatic rings. The van der Waals surface area contributed by atoms with Gasteiger partial charge in [0.25, 0.3) is 0 Å². The smallest absolute Gasteiger partial charge is 0.410 e. The second-order valence-electron chi connectivity index (χ2n) is 12.4. The predicted octanol–water partition coefficient (Wildman–Crippen LogP) is 6.95. The van der Waals surface area contributed by atoms with Crippen molar-refractivity contribution >= 4 is 57.0 Å². The Bertz CT molecular complexity index is 1940. The summed E-state index contributed by atoms with van der Waals surface area (Å²) in [6.07, 6.45) is 3.66. The topological polar surface area (TPSA) is 140 Å². The van der Waals surface area contributed by atoms with Crippen molar-refractivity contribution in [1.29, 1.82) is 0 Å². The number of rotatable bonds is 12. The van der Waals surface area contributed by atoms with Crippen LogP contribution in [0, 0.1) is 0 Å². The molecule has 0 radical (unpaired) electrons. The van der Waals surface area contributed by atoms with E-state index in [1.54, 1.807) is 29.4 Å². The molecule has 3 amide bonds. The number of primary amides is 1. The molecule has 48 heavy (non-hydrogen) atoms. The zero-order valence-electron chi connectivity index (χ0n) is 27.3. The molecule has 0 atom stereocenters. The molecule has 2 aromatic heterocycles. The molecule has 10 nitrogen and oxygen atoms in total. The summed E-state index contributed by atoms with van der Waals surface area (Å²) in [6.45, 7) is 6.85. The number of hydrogen-bond acceptors (Lipinski definition) is 7. The lowest BCUT2D eigenvalue weighted by Gasteiger charge is -2.27. The summed E-state index contributed by atoms with van der Waals surface area (Å²) in [6, 6.07) is 22.6. The molecule has 0 aliphatic heterocycles. The maximum atomic E-state index is 13.1. The Balaban J connectivity index is 1.16. The van der Waals surface area contributed by atoms with Gasteiger partial charge in [-0.15, -0.1) is 0 Å². The van der Waals surface area contributed by atoms with E-state index in [1.165, 1.54) is 0 Å². The van der Waals surface area contributed by atoms with E-state index in [0.717, 1.165) is 32.8 Å². The van der Waals surface area contributed by atoms with Gasteiger partial charge in [0.05, 0.1) is 5.52 Å². The van der Waals surface area contributed by atoms with E-state index in [0.29, 0.717) is 54.5 Å². The van der Waals surface area contributed by atoms with Crippen LogP contribution < -0.4 is 16.4 Å². The van der Waals surface area contributed by atoms with Gasteiger partial charge in [-0.05, 0) is 62.6 Å². The molecule has 5 rings (SSSR count). The highest BCUT2D eigenvalue weighted by Crippen LogP contribution is 2.30. The number of aromatic nitrogens is 2. The van der Waals surface area contributed by atoms with Crippen molar-refractivity contribution in [3.8, 4) is 11.1 Å². The van der Waals surface area contributed by atoms with Gasteiger partial charge in [-0.3, -0.25) is 14.6 Å². The molecule has 4 N–H and O–H groups in total. The van der Waals surface area contributed by atoms with Gasteiger partial charge in [-0.2, -0.15) is 0 Å². The van der Waals surface area contributed by atoms with E-state index in [1.807, 2.05) is 81.4 Å². The zero-order chi connectivity index (χ0) is 34.3. The lowest BCUT2D eigenvalue weighted by molar-refractivity contribution is -0.121. The summed E-state index contributed by atoms with van der Waals surface area (Å²) in [5.74, 6) is -0.0539. The third-order valence-electron chi connectivity index (χ3n) is 7.60. The molecule has 2 heterocycles. The summed E-state index contributed by atoms with van der Waals surface area (Å²) in [7, 11) is 0. The Morgan fingerprint density at radius 2 is 1.73 bits per heavy atom. The van der Waals surface area contributed by atoms with Crippen LogP contribution in [0.4, 0.5) is 10.6 Å². The molecule has 248 valence electrons. The highest BCUT2D eigenvalue weighted by atomic mass is 35.5. The third-order valence-corrected chi connectivity index (χ3v) is 7.91. The van der Waals surface area contributed by atoms with Gasteiger partial charge in [0.1, 0.15) is 11.4 Å². The monoisotopic (exact) mass is 666 g/mol. The molecular weight excluding hydrogens is 628 g/mol. The lowest BCUT2D eigenvalue weighted by atomic mass is 10.0. The summed E-state index contributed by atoms with van der Waals surface area (Å²) in [5, 5.41) is 9.42. The van der Waals surface area contributed by atoms with Gasteiger partial charge in [0, 0.05) is 77.3 Å². The number of amides is 3. The Morgan fingerprint density at radius 1 is 0.938 bits per heavy atom. The highest BCUT2D eigenvalue weighted by Gasteiger charge is 2.23. The fraction of sp³-hybridized carbons (Fsp3) is 0.270. The van der Waals surface area contributed by atoms with E-state index in [-0.39, 0.29) is 12.3 Å². The van der Waals surface area contributed by atoms with Crippen LogP contribution in [0.1, 0.15) is 49.5 Å². The molecule has 11 heteroatoms. The average Bonchev–Trinajstić information content (AvgIpc) is 3.05. The largest absolute Gasteiger partial charge is 0.444 e. The average molecular weight is 667 g/mol. The van der Waals surface area contributed by atoms with Crippen molar-refractivity contribution in [3.05, 3.63) is 101 Å². The Kier molecular flexibility index (Phi) is 10.8. The molecule has 0 saturated carbocycles. The first-order valence-corrected chi connectivity index (χ1v) is 16.2. The molecule has 0 saturated heterocycles. The minimum atomic E-state index is -0.666. The minimum absolute atomic E-state index is 0.136. The summed E-state index contributed by atoms with van der Waals surface area (Å²) >= 11 is 6.63. The fourth-order valence-corrected chi connectivity index (χ4v) is 5.64. The first-order chi connectivity index (χ1) is 23.0. The number of hydrogen-bond donors (Lipinski definition) is 3. The van der Waals surface area contributed by atoms with Crippen LogP contribution in [0.5, 0.6) is 0 Å². The lowest BCUT2D eigenvalue weighted by Crippen LogP contribution is -2.37. The first-order valence-electron chi connectivity index (χ1n) is 15.8. The number of anilines is 1. The second kappa shape index (κ2) is 15.1. The standard InChI is InChI=1S/C37H39ClN6O4/c1-37(2,3)48-36(47)44(23-24-11-13-27(31(38)20-24)25-8-5-4-6-9-25)19-7-10-33(45)41-17-18-42-35-29-15-16-40-22-30(29)28-14-12-26(34(39)46)21-32(28)43-35/h4-6,8-9,11-16,20-22H,7,10,17-19,23H2,1-3H3,(H2,39,46)(H,41,45)(H,42,43). The van der Waals surface area contributed by atoms with Crippen LogP contribution in [0.15, 0.2) is 85.2 Å². The molecule has 3 aromatic carbocycles. The van der Waals surface area contributed by atoms with Crippen LogP contribution >= 0.6 is 11.6 Å². The van der Waals surface area contributed by atoms with E-state index in [4.69, 9.17) is 27.1 Å². The van der Waals surface area contributed by atoms with Crippen LogP contribution in [-0.4, -0.2) is 58.0 Å². The Labute approximate surface area is 284 Å². The minimum Gasteiger partial charge on any atom is -0.444 e. The number of nitrogens with zero attached hydrogens (tertiary/aromatic N) is 3. The number of ether oxygens (including phenoxy) is 1. The van der Waals surface area contributed by atoms with Crippen molar-refractivity contribution < 1.29 is 19.1 Å². The number of pyridine rings is 2. The van der Waals surface area contributed by atoms with Crippen molar-refractivity contribution in [2.45, 2.75) is 45.8 Å². The highest BCUT2D eigenvalue weighted by molar-refractivity contribution is 6.33. The first kappa shape index (κ1) is 34.1. The molecule has 5 aromatic rings. The maximum absolute atomic E-state index is 13.1. The number of carbonyl (C=O) groups is 3. The quantitative estimate of drug-likeness (QED) is 0.0967. The number of halogens is 1. The maximum Gasteiger partial charge on any atom is 0.410 e. The van der Waals surface area contributed by atoms with E-state index in [9.17, 15) is 14.4 Å². The Hall–Kier alpha value is -5.22. The summed E-state index contributed by atoms with van der Waals surface area (Å²) in [5.41, 5.74) is 8.57. The van der Waals surface area contributed by atoms with Crippen LogP contribution in [0.3, 0.4) is 0 Å². The molecule has 0 unspecified atom stereocenters. The van der Waals surface area contributed by atoms with Crippen LogP contribution in [0.2, 0.25) is 5.02 Å². The van der Waals surface area contributed by atoms with Crippen LogP contribution in [-0.2, 0) is 16.1 Å². The molecule has 0 bridgehead atoms. The predicted molar refractivity (Wildman–Crippen MR) is 190 cm³/mol. The summed E-state index contributed by atoms with van der Waals surface area (Å²) < 4.78 is 5.66. The van der Waals surface area contributed by atoms with Gasteiger partial charge in [0.15, 0.2) is 0 Å². The van der Waals surface area contributed by atoms with E-state index >= 15 is 0 Å². The third kappa shape index (κ3) is 8.77. The van der Waals surface area contributed by atoms with Crippen LogP contribution in [0.25, 0.3) is 32.8 Å². The Morgan fingerprint density at radius 3 is 2.46 bits per heavy atom. The molecule has 0 fully saturated rings. The number of fused-ring (bicyclic) bond motifs is 3. The fourth-order valence-electron chi connectivity index (χ4n) is 5.33. The molecule has 0 aliphatic carbocycles. The molecular formula is C37H39ClN6O4. The van der Waals surface area contributed by atoms with Gasteiger partial charge >= 0.3 is 6.09 Å². The van der Waals surface area contributed by atoms with Gasteiger partial charge in [0.2, 0.25) is 11.8 Å². The van der Waals surface area contributed by atoms with Gasteiger partial charge in [-0.1, -0.05) is 60.1 Å². The van der Waals surface area contributed by atoms with Gasteiger partial charge < -0.3 is 26.0 Å². The van der Waals surface area contributed by atoms with Crippen molar-refractivity contribution in [1.82, 2.24) is 20.2 Å². The van der Waals surface area contributed by atoms with Crippen molar-refractivity contribution in [2.75, 3.05) is 25.0 Å². The normalized spacial score (nSPS) is 11.3. The molecule has 0 spiro atoms.